The van der Waals surface area contributed by atoms with Crippen molar-refractivity contribution < 1.29 is 9.21 Å². The second-order valence-electron chi connectivity index (χ2n) is 5.93. The van der Waals surface area contributed by atoms with E-state index < -0.39 is 0 Å². The Morgan fingerprint density at radius 2 is 1.88 bits per heavy atom. The van der Waals surface area contributed by atoms with Crippen LogP contribution in [0.15, 0.2) is 65.2 Å². The number of carbonyl (C=O) groups is 1. The standard InChI is InChI=1S/C22H20N2O2/c1-17-9-11-19(12-10-17)20-16-24-22(26-20)14-13-21(25)23-15-5-8-18-6-3-2-4-7-18/h2-4,6-7,9-12,16H,13-15H2,1H3,(H,23,25). The molecular weight excluding hydrogens is 324 g/mol. The Balaban J connectivity index is 1.45. The third-order valence-electron chi connectivity index (χ3n) is 3.84. The van der Waals surface area contributed by atoms with Gasteiger partial charge in [-0.3, -0.25) is 4.79 Å². The molecule has 0 atom stereocenters. The molecular formula is C22H20N2O2. The van der Waals surface area contributed by atoms with E-state index in [4.69, 9.17) is 4.42 Å². The van der Waals surface area contributed by atoms with E-state index in [0.717, 1.165) is 11.1 Å². The van der Waals surface area contributed by atoms with Gasteiger partial charge in [-0.1, -0.05) is 59.9 Å². The molecule has 4 heteroatoms. The molecule has 0 aliphatic carbocycles. The molecule has 0 saturated heterocycles. The molecule has 130 valence electrons. The zero-order valence-corrected chi connectivity index (χ0v) is 14.7. The Hall–Kier alpha value is -3.32. The van der Waals surface area contributed by atoms with E-state index in [0.29, 0.717) is 31.0 Å². The first-order valence-corrected chi connectivity index (χ1v) is 8.53. The van der Waals surface area contributed by atoms with E-state index in [1.54, 1.807) is 6.20 Å². The topological polar surface area (TPSA) is 55.1 Å². The van der Waals surface area contributed by atoms with Crippen molar-refractivity contribution >= 4 is 5.91 Å². The molecule has 0 fully saturated rings. The predicted octanol–water partition coefficient (Wildman–Crippen LogP) is 3.75. The van der Waals surface area contributed by atoms with Crippen molar-refractivity contribution in [3.05, 3.63) is 77.8 Å². The average molecular weight is 344 g/mol. The molecule has 4 nitrogen and oxygen atoms in total. The maximum Gasteiger partial charge on any atom is 0.221 e. The van der Waals surface area contributed by atoms with E-state index in [2.05, 4.69) is 22.1 Å². The van der Waals surface area contributed by atoms with Gasteiger partial charge in [0.25, 0.3) is 0 Å². The summed E-state index contributed by atoms with van der Waals surface area (Å²) in [5.41, 5.74) is 3.11. The number of hydrogen-bond donors (Lipinski definition) is 1. The number of amides is 1. The van der Waals surface area contributed by atoms with Gasteiger partial charge in [-0.05, 0) is 19.1 Å². The summed E-state index contributed by atoms with van der Waals surface area (Å²) in [6.45, 7) is 2.37. The van der Waals surface area contributed by atoms with Crippen LogP contribution in [0.3, 0.4) is 0 Å². The Morgan fingerprint density at radius 1 is 1.12 bits per heavy atom. The van der Waals surface area contributed by atoms with Crippen molar-refractivity contribution in [1.29, 1.82) is 0 Å². The minimum atomic E-state index is -0.0672. The monoisotopic (exact) mass is 344 g/mol. The molecule has 0 spiro atoms. The number of rotatable bonds is 5. The molecule has 3 aromatic rings. The van der Waals surface area contributed by atoms with Crippen LogP contribution in [-0.4, -0.2) is 17.4 Å². The van der Waals surface area contributed by atoms with Gasteiger partial charge in [0.2, 0.25) is 5.91 Å². The Labute approximate surface area is 153 Å². The highest BCUT2D eigenvalue weighted by molar-refractivity contribution is 5.76. The van der Waals surface area contributed by atoms with Gasteiger partial charge in [0.15, 0.2) is 11.7 Å². The van der Waals surface area contributed by atoms with Crippen LogP contribution in [0, 0.1) is 18.8 Å². The van der Waals surface area contributed by atoms with Crippen molar-refractivity contribution in [3.63, 3.8) is 0 Å². The lowest BCUT2D eigenvalue weighted by Gasteiger charge is -1.99. The van der Waals surface area contributed by atoms with Crippen LogP contribution in [0.4, 0.5) is 0 Å². The number of carbonyl (C=O) groups excluding carboxylic acids is 1. The minimum absolute atomic E-state index is 0.0672. The fourth-order valence-electron chi connectivity index (χ4n) is 2.40. The number of nitrogens with zero attached hydrogens (tertiary/aromatic N) is 1. The first-order valence-electron chi connectivity index (χ1n) is 8.53. The second kappa shape index (κ2) is 8.68. The maximum absolute atomic E-state index is 11.9. The highest BCUT2D eigenvalue weighted by Crippen LogP contribution is 2.21. The Morgan fingerprint density at radius 3 is 2.65 bits per heavy atom. The molecule has 0 radical (unpaired) electrons. The lowest BCUT2D eigenvalue weighted by Crippen LogP contribution is -2.23. The van der Waals surface area contributed by atoms with Crippen molar-refractivity contribution in [3.8, 4) is 23.2 Å². The number of benzene rings is 2. The summed E-state index contributed by atoms with van der Waals surface area (Å²) in [5, 5.41) is 2.79. The van der Waals surface area contributed by atoms with Gasteiger partial charge in [-0.2, -0.15) is 0 Å². The summed E-state index contributed by atoms with van der Waals surface area (Å²) < 4.78 is 5.72. The summed E-state index contributed by atoms with van der Waals surface area (Å²) in [7, 11) is 0. The van der Waals surface area contributed by atoms with E-state index >= 15 is 0 Å². The van der Waals surface area contributed by atoms with Gasteiger partial charge in [0, 0.05) is 24.0 Å². The van der Waals surface area contributed by atoms with Crippen molar-refractivity contribution in [1.82, 2.24) is 10.3 Å². The maximum atomic E-state index is 11.9. The molecule has 3 rings (SSSR count). The first-order chi connectivity index (χ1) is 12.7. The van der Waals surface area contributed by atoms with Gasteiger partial charge in [-0.15, -0.1) is 0 Å². The molecule has 0 bridgehead atoms. The largest absolute Gasteiger partial charge is 0.441 e. The zero-order valence-electron chi connectivity index (χ0n) is 14.7. The number of oxazole rings is 1. The molecule has 0 saturated carbocycles. The molecule has 2 aromatic carbocycles. The van der Waals surface area contributed by atoms with Crippen LogP contribution in [-0.2, 0) is 11.2 Å². The highest BCUT2D eigenvalue weighted by Gasteiger charge is 2.08. The quantitative estimate of drug-likeness (QED) is 0.717. The molecule has 0 aliphatic rings. The summed E-state index contributed by atoms with van der Waals surface area (Å²) >= 11 is 0. The fourth-order valence-corrected chi connectivity index (χ4v) is 2.40. The normalized spacial score (nSPS) is 10.0. The number of nitrogens with one attached hydrogen (secondary N) is 1. The number of hydrogen-bond acceptors (Lipinski definition) is 3. The fraction of sp³-hybridized carbons (Fsp3) is 0.182. The third-order valence-corrected chi connectivity index (χ3v) is 3.84. The molecule has 1 heterocycles. The lowest BCUT2D eigenvalue weighted by molar-refractivity contribution is -0.120. The van der Waals surface area contributed by atoms with Gasteiger partial charge < -0.3 is 9.73 Å². The minimum Gasteiger partial charge on any atom is -0.441 e. The van der Waals surface area contributed by atoms with Crippen LogP contribution in [0.2, 0.25) is 0 Å². The summed E-state index contributed by atoms with van der Waals surface area (Å²) in [6.07, 6.45) is 2.48. The van der Waals surface area contributed by atoms with Crippen LogP contribution in [0.1, 0.15) is 23.4 Å². The number of aromatic nitrogens is 1. The van der Waals surface area contributed by atoms with E-state index in [1.807, 2.05) is 61.5 Å². The van der Waals surface area contributed by atoms with E-state index in [1.165, 1.54) is 5.56 Å². The summed E-state index contributed by atoms with van der Waals surface area (Å²) in [4.78, 5) is 16.1. The third kappa shape index (κ3) is 5.09. The van der Waals surface area contributed by atoms with Crippen molar-refractivity contribution in [2.24, 2.45) is 0 Å². The van der Waals surface area contributed by atoms with Crippen LogP contribution < -0.4 is 5.32 Å². The SMILES string of the molecule is Cc1ccc(-c2cnc(CCC(=O)NCC#Cc3ccccc3)o2)cc1. The van der Waals surface area contributed by atoms with E-state index in [-0.39, 0.29) is 5.91 Å². The molecule has 1 amide bonds. The Kier molecular flexibility index (Phi) is 5.84. The van der Waals surface area contributed by atoms with Gasteiger partial charge in [-0.25, -0.2) is 4.98 Å². The van der Waals surface area contributed by atoms with Crippen molar-refractivity contribution in [2.45, 2.75) is 19.8 Å². The summed E-state index contributed by atoms with van der Waals surface area (Å²) in [6, 6.07) is 17.7. The number of aryl methyl sites for hydroxylation is 2. The zero-order chi connectivity index (χ0) is 18.2. The van der Waals surface area contributed by atoms with Crippen LogP contribution in [0.25, 0.3) is 11.3 Å². The molecule has 0 unspecified atom stereocenters. The highest BCUT2D eigenvalue weighted by atomic mass is 16.4. The van der Waals surface area contributed by atoms with Gasteiger partial charge in [0.1, 0.15) is 0 Å². The average Bonchev–Trinajstić information content (AvgIpc) is 3.14. The molecule has 0 aliphatic heterocycles. The molecule has 1 aromatic heterocycles. The second-order valence-corrected chi connectivity index (χ2v) is 5.93. The van der Waals surface area contributed by atoms with Gasteiger partial charge >= 0.3 is 0 Å². The Bertz CT molecular complexity index is 916. The van der Waals surface area contributed by atoms with Crippen LogP contribution >= 0.6 is 0 Å². The van der Waals surface area contributed by atoms with Crippen molar-refractivity contribution in [2.75, 3.05) is 6.54 Å². The first kappa shape index (κ1) is 17.5. The van der Waals surface area contributed by atoms with Gasteiger partial charge in [0.05, 0.1) is 12.7 Å². The smallest absolute Gasteiger partial charge is 0.221 e. The van der Waals surface area contributed by atoms with Crippen LogP contribution in [0.5, 0.6) is 0 Å². The lowest BCUT2D eigenvalue weighted by atomic mass is 10.1. The molecule has 26 heavy (non-hydrogen) atoms. The molecule has 1 N–H and O–H groups in total. The predicted molar refractivity (Wildman–Crippen MR) is 101 cm³/mol. The van der Waals surface area contributed by atoms with E-state index in [9.17, 15) is 4.79 Å². The summed E-state index contributed by atoms with van der Waals surface area (Å²) in [5.74, 6) is 7.15.